The first-order chi connectivity index (χ1) is 38.4. The van der Waals surface area contributed by atoms with Crippen LogP contribution in [0, 0.1) is 20.8 Å². The summed E-state index contributed by atoms with van der Waals surface area (Å²) in [5.74, 6) is 0.723. The largest absolute Gasteiger partial charge is 0.310 e. The summed E-state index contributed by atoms with van der Waals surface area (Å²) in [5.41, 5.74) is 23.1. The molecule has 13 aromatic rings. The number of aromatic nitrogens is 3. The topological polar surface area (TPSA) is 37.2 Å². The minimum absolute atomic E-state index is 0.723. The number of anilines is 6. The standard InChI is InChI=1S/C73H55N5/c1-50-18-16-20-56(44-50)69-49-70(75-73(74-69)58-21-17-19-51(2)45-58)57-36-41-66(52(3)46-57)55-32-30-53(31-33-55)54-34-37-63(38-35-54)78-71-42-39-64(76(59-22-8-4-9-23-59)60-24-10-5-11-25-60)47-67(71)68-48-65(40-43-72(68)78)77(61-26-12-6-13-27-61)62-28-14-7-15-29-62/h4-49H,1-3H3. The Hall–Kier alpha value is -10.1. The van der Waals surface area contributed by atoms with Crippen molar-refractivity contribution < 1.29 is 0 Å². The number of rotatable bonds is 12. The van der Waals surface area contributed by atoms with E-state index in [1.54, 1.807) is 0 Å². The van der Waals surface area contributed by atoms with E-state index in [0.717, 1.165) is 95.9 Å². The minimum atomic E-state index is 0.723. The molecule has 0 amide bonds. The smallest absolute Gasteiger partial charge is 0.160 e. The second-order valence-corrected chi connectivity index (χ2v) is 20.1. The Morgan fingerprint density at radius 1 is 0.295 bits per heavy atom. The number of fused-ring (bicyclic) bond motifs is 3. The van der Waals surface area contributed by atoms with Crippen molar-refractivity contribution in [2.45, 2.75) is 20.8 Å². The van der Waals surface area contributed by atoms with Crippen molar-refractivity contribution in [1.29, 1.82) is 0 Å². The lowest BCUT2D eigenvalue weighted by Gasteiger charge is -2.26. The van der Waals surface area contributed by atoms with Gasteiger partial charge >= 0.3 is 0 Å². The molecule has 0 radical (unpaired) electrons. The zero-order chi connectivity index (χ0) is 52.5. The van der Waals surface area contributed by atoms with Crippen LogP contribution in [-0.2, 0) is 0 Å². The van der Waals surface area contributed by atoms with Crippen LogP contribution in [-0.4, -0.2) is 14.5 Å². The van der Waals surface area contributed by atoms with Crippen LogP contribution in [0.5, 0.6) is 0 Å². The van der Waals surface area contributed by atoms with E-state index in [0.29, 0.717) is 0 Å². The molecule has 13 rings (SSSR count). The maximum absolute atomic E-state index is 5.15. The zero-order valence-electron chi connectivity index (χ0n) is 43.8. The van der Waals surface area contributed by atoms with Crippen molar-refractivity contribution in [3.05, 3.63) is 296 Å². The number of benzene rings is 11. The summed E-state index contributed by atoms with van der Waals surface area (Å²) in [6, 6.07) is 100. The van der Waals surface area contributed by atoms with E-state index in [4.69, 9.17) is 9.97 Å². The summed E-state index contributed by atoms with van der Waals surface area (Å²) < 4.78 is 2.41. The Kier molecular flexibility index (Phi) is 12.5. The molecule has 2 aromatic heterocycles. The monoisotopic (exact) mass is 1000 g/mol. The average Bonchev–Trinajstić information content (AvgIpc) is 4.04. The highest BCUT2D eigenvalue weighted by Crippen LogP contribution is 2.43. The summed E-state index contributed by atoms with van der Waals surface area (Å²) in [6.45, 7) is 6.42. The molecule has 0 N–H and O–H groups in total. The Balaban J connectivity index is 0.850. The van der Waals surface area contributed by atoms with Crippen LogP contribution >= 0.6 is 0 Å². The number of aryl methyl sites for hydroxylation is 3. The van der Waals surface area contributed by atoms with Gasteiger partial charge in [-0.15, -0.1) is 0 Å². The lowest BCUT2D eigenvalue weighted by atomic mass is 9.95. The molecule has 0 bridgehead atoms. The Bertz CT molecular complexity index is 3980. The fourth-order valence-electron chi connectivity index (χ4n) is 11.0. The van der Waals surface area contributed by atoms with Gasteiger partial charge in [-0.3, -0.25) is 0 Å². The first-order valence-electron chi connectivity index (χ1n) is 26.6. The zero-order valence-corrected chi connectivity index (χ0v) is 43.8. The molecular weight excluding hydrogens is 947 g/mol. The second-order valence-electron chi connectivity index (χ2n) is 20.1. The van der Waals surface area contributed by atoms with Crippen molar-refractivity contribution in [2.24, 2.45) is 0 Å². The predicted molar refractivity (Wildman–Crippen MR) is 327 cm³/mol. The van der Waals surface area contributed by atoms with E-state index in [1.165, 1.54) is 38.6 Å². The van der Waals surface area contributed by atoms with Gasteiger partial charge in [0.05, 0.1) is 22.4 Å². The molecular formula is C73H55N5. The van der Waals surface area contributed by atoms with Crippen molar-refractivity contribution in [2.75, 3.05) is 9.80 Å². The summed E-state index contributed by atoms with van der Waals surface area (Å²) in [4.78, 5) is 14.9. The number of hydrogen-bond donors (Lipinski definition) is 0. The molecule has 0 aliphatic rings. The van der Waals surface area contributed by atoms with Crippen LogP contribution in [0.25, 0.3) is 83.6 Å². The molecule has 0 saturated heterocycles. The molecule has 11 aromatic carbocycles. The summed E-state index contributed by atoms with van der Waals surface area (Å²) in [6.07, 6.45) is 0. The van der Waals surface area contributed by atoms with Gasteiger partial charge in [0.1, 0.15) is 0 Å². The third-order valence-electron chi connectivity index (χ3n) is 14.8. The molecule has 372 valence electrons. The van der Waals surface area contributed by atoms with Gasteiger partial charge in [0.2, 0.25) is 0 Å². The van der Waals surface area contributed by atoms with Gasteiger partial charge < -0.3 is 14.4 Å². The van der Waals surface area contributed by atoms with Gasteiger partial charge in [-0.2, -0.15) is 0 Å². The average molecular weight is 1000 g/mol. The van der Waals surface area contributed by atoms with Gasteiger partial charge in [-0.1, -0.05) is 169 Å². The van der Waals surface area contributed by atoms with E-state index < -0.39 is 0 Å². The molecule has 2 heterocycles. The Morgan fingerprint density at radius 2 is 0.705 bits per heavy atom. The van der Waals surface area contributed by atoms with Gasteiger partial charge in [-0.25, -0.2) is 9.97 Å². The molecule has 78 heavy (non-hydrogen) atoms. The summed E-state index contributed by atoms with van der Waals surface area (Å²) >= 11 is 0. The second kappa shape index (κ2) is 20.6. The highest BCUT2D eigenvalue weighted by molar-refractivity contribution is 6.12. The first-order valence-corrected chi connectivity index (χ1v) is 26.6. The highest BCUT2D eigenvalue weighted by atomic mass is 15.1. The van der Waals surface area contributed by atoms with Crippen LogP contribution in [0.1, 0.15) is 16.7 Å². The lowest BCUT2D eigenvalue weighted by Crippen LogP contribution is -2.09. The number of nitrogens with zero attached hydrogens (tertiary/aromatic N) is 5. The van der Waals surface area contributed by atoms with Crippen molar-refractivity contribution >= 4 is 55.9 Å². The minimum Gasteiger partial charge on any atom is -0.310 e. The molecule has 0 unspecified atom stereocenters. The van der Waals surface area contributed by atoms with Crippen LogP contribution < -0.4 is 9.80 Å². The normalized spacial score (nSPS) is 11.3. The van der Waals surface area contributed by atoms with Crippen molar-refractivity contribution in [3.8, 4) is 61.8 Å². The van der Waals surface area contributed by atoms with Crippen LogP contribution in [0.15, 0.2) is 279 Å². The fourth-order valence-corrected chi connectivity index (χ4v) is 11.0. The Morgan fingerprint density at radius 3 is 1.17 bits per heavy atom. The third-order valence-corrected chi connectivity index (χ3v) is 14.8. The van der Waals surface area contributed by atoms with Crippen LogP contribution in [0.4, 0.5) is 34.1 Å². The van der Waals surface area contributed by atoms with E-state index >= 15 is 0 Å². The third kappa shape index (κ3) is 9.29. The SMILES string of the molecule is Cc1cccc(-c2cc(-c3ccc(-c4ccc(-c5ccc(-n6c7ccc(N(c8ccccc8)c8ccccc8)cc7c7cc(N(c8ccccc8)c8ccccc8)ccc76)cc5)cc4)c(C)c3)nc(-c3cccc(C)c3)n2)c1. The van der Waals surface area contributed by atoms with Crippen molar-refractivity contribution in [3.63, 3.8) is 0 Å². The maximum atomic E-state index is 5.15. The quantitative estimate of drug-likeness (QED) is 0.122. The Labute approximate surface area is 456 Å². The van der Waals surface area contributed by atoms with Gasteiger partial charge in [0, 0.05) is 67.3 Å². The molecule has 0 aliphatic heterocycles. The highest BCUT2D eigenvalue weighted by Gasteiger charge is 2.21. The first kappa shape index (κ1) is 47.6. The van der Waals surface area contributed by atoms with Crippen LogP contribution in [0.3, 0.4) is 0 Å². The molecule has 0 aliphatic carbocycles. The number of hydrogen-bond acceptors (Lipinski definition) is 4. The van der Waals surface area contributed by atoms with Gasteiger partial charge in [0.15, 0.2) is 5.82 Å². The molecule has 0 fully saturated rings. The molecule has 5 heteroatoms. The van der Waals surface area contributed by atoms with E-state index in [9.17, 15) is 0 Å². The summed E-state index contributed by atoms with van der Waals surface area (Å²) in [7, 11) is 0. The van der Waals surface area contributed by atoms with E-state index in [1.807, 2.05) is 0 Å². The predicted octanol–water partition coefficient (Wildman–Crippen LogP) is 19.8. The molecule has 0 atom stereocenters. The maximum Gasteiger partial charge on any atom is 0.160 e. The van der Waals surface area contributed by atoms with Gasteiger partial charge in [0.25, 0.3) is 0 Å². The van der Waals surface area contributed by atoms with Gasteiger partial charge in [-0.05, 0) is 170 Å². The van der Waals surface area contributed by atoms with E-state index in [-0.39, 0.29) is 0 Å². The number of para-hydroxylation sites is 4. The lowest BCUT2D eigenvalue weighted by molar-refractivity contribution is 1.18. The summed E-state index contributed by atoms with van der Waals surface area (Å²) in [5, 5.41) is 2.34. The van der Waals surface area contributed by atoms with Crippen molar-refractivity contribution in [1.82, 2.24) is 14.5 Å². The van der Waals surface area contributed by atoms with Crippen LogP contribution in [0.2, 0.25) is 0 Å². The molecule has 0 spiro atoms. The fraction of sp³-hybridized carbons (Fsp3) is 0.0411. The molecule has 5 nitrogen and oxygen atoms in total. The molecule has 0 saturated carbocycles. The van der Waals surface area contributed by atoms with E-state index in [2.05, 4.69) is 314 Å².